The van der Waals surface area contributed by atoms with Gasteiger partial charge in [-0.2, -0.15) is 0 Å². The standard InChI is InChI=1S/C7H14NO/c1-9-5-6-3-2-4-7(6)8/h6-8H,2-5H2,1H3. The highest BCUT2D eigenvalue weighted by molar-refractivity contribution is 4.78. The molecule has 1 rings (SSSR count). The van der Waals surface area contributed by atoms with Gasteiger partial charge in [0.15, 0.2) is 0 Å². The Kier molecular flexibility index (Phi) is 2.49. The van der Waals surface area contributed by atoms with Gasteiger partial charge in [0.2, 0.25) is 0 Å². The van der Waals surface area contributed by atoms with Crippen LogP contribution in [0, 0.1) is 5.92 Å². The summed E-state index contributed by atoms with van der Waals surface area (Å²) in [5.74, 6) is 0.523. The number of rotatable bonds is 2. The van der Waals surface area contributed by atoms with Gasteiger partial charge in [0.1, 0.15) is 0 Å². The van der Waals surface area contributed by atoms with Crippen molar-refractivity contribution in [2.75, 3.05) is 13.7 Å². The summed E-state index contributed by atoms with van der Waals surface area (Å²) in [5.41, 5.74) is 7.51. The molecule has 0 aliphatic heterocycles. The Morgan fingerprint density at radius 1 is 1.56 bits per heavy atom. The van der Waals surface area contributed by atoms with Gasteiger partial charge in [-0.05, 0) is 18.8 Å². The second-order valence-corrected chi connectivity index (χ2v) is 2.75. The highest BCUT2D eigenvalue weighted by Crippen LogP contribution is 2.24. The van der Waals surface area contributed by atoms with E-state index >= 15 is 0 Å². The van der Waals surface area contributed by atoms with E-state index < -0.39 is 0 Å². The van der Waals surface area contributed by atoms with Gasteiger partial charge < -0.3 is 4.74 Å². The van der Waals surface area contributed by atoms with Crippen LogP contribution in [-0.2, 0) is 4.74 Å². The summed E-state index contributed by atoms with van der Waals surface area (Å²) < 4.78 is 4.98. The van der Waals surface area contributed by atoms with Gasteiger partial charge in [-0.15, -0.1) is 0 Å². The van der Waals surface area contributed by atoms with Crippen LogP contribution < -0.4 is 5.73 Å². The monoisotopic (exact) mass is 128 g/mol. The predicted molar refractivity (Wildman–Crippen MR) is 36.1 cm³/mol. The molecule has 2 heteroatoms. The van der Waals surface area contributed by atoms with Crippen molar-refractivity contribution in [3.05, 3.63) is 0 Å². The number of hydrogen-bond donors (Lipinski definition) is 0. The molecule has 1 aliphatic carbocycles. The average molecular weight is 128 g/mol. The molecule has 2 unspecified atom stereocenters. The molecule has 0 spiro atoms. The van der Waals surface area contributed by atoms with Crippen LogP contribution in [0.4, 0.5) is 0 Å². The summed E-state index contributed by atoms with van der Waals surface area (Å²) in [6, 6.07) is 0.157. The van der Waals surface area contributed by atoms with Gasteiger partial charge in [0, 0.05) is 13.2 Å². The molecule has 0 saturated heterocycles. The Labute approximate surface area is 56.4 Å². The van der Waals surface area contributed by atoms with Crippen molar-refractivity contribution >= 4 is 0 Å². The second-order valence-electron chi connectivity index (χ2n) is 2.75. The minimum Gasteiger partial charge on any atom is -0.384 e. The van der Waals surface area contributed by atoms with Gasteiger partial charge >= 0.3 is 0 Å². The fraction of sp³-hybridized carbons (Fsp3) is 1.00. The maximum absolute atomic E-state index is 7.51. The molecular formula is C7H14NO. The van der Waals surface area contributed by atoms with Gasteiger partial charge in [0.05, 0.1) is 6.61 Å². The quantitative estimate of drug-likeness (QED) is 0.548. The first-order valence-corrected chi connectivity index (χ1v) is 3.54. The summed E-state index contributed by atoms with van der Waals surface area (Å²) in [5, 5.41) is 0. The zero-order chi connectivity index (χ0) is 6.69. The van der Waals surface area contributed by atoms with Crippen molar-refractivity contribution in [2.24, 2.45) is 5.92 Å². The van der Waals surface area contributed by atoms with E-state index in [0.29, 0.717) is 5.92 Å². The summed E-state index contributed by atoms with van der Waals surface area (Å²) in [6.45, 7) is 0.786. The zero-order valence-corrected chi connectivity index (χ0v) is 5.89. The Hall–Kier alpha value is -0.0800. The van der Waals surface area contributed by atoms with Crippen LogP contribution in [0.1, 0.15) is 19.3 Å². The van der Waals surface area contributed by atoms with Crippen molar-refractivity contribution in [3.63, 3.8) is 0 Å². The minimum atomic E-state index is 0.157. The molecule has 9 heavy (non-hydrogen) atoms. The highest BCUT2D eigenvalue weighted by Gasteiger charge is 2.23. The topological polar surface area (TPSA) is 33.0 Å². The Morgan fingerprint density at radius 2 is 2.33 bits per heavy atom. The van der Waals surface area contributed by atoms with Crippen molar-refractivity contribution in [1.29, 1.82) is 0 Å². The Balaban J connectivity index is 2.22. The van der Waals surface area contributed by atoms with Crippen LogP contribution in [0.25, 0.3) is 0 Å². The van der Waals surface area contributed by atoms with Gasteiger partial charge in [-0.3, -0.25) is 5.73 Å². The molecule has 2 nitrogen and oxygen atoms in total. The van der Waals surface area contributed by atoms with Gasteiger partial charge in [-0.1, -0.05) is 6.42 Å². The number of methoxy groups -OCH3 is 1. The zero-order valence-electron chi connectivity index (χ0n) is 5.89. The third kappa shape index (κ3) is 1.66. The molecule has 0 amide bonds. The molecule has 0 bridgehead atoms. The lowest BCUT2D eigenvalue weighted by molar-refractivity contribution is 0.147. The lowest BCUT2D eigenvalue weighted by Gasteiger charge is -2.11. The first-order valence-electron chi connectivity index (χ1n) is 3.54. The summed E-state index contributed by atoms with van der Waals surface area (Å²) in [7, 11) is 1.71. The summed E-state index contributed by atoms with van der Waals surface area (Å²) in [4.78, 5) is 0. The molecule has 1 N–H and O–H groups in total. The van der Waals surface area contributed by atoms with E-state index in [0.717, 1.165) is 13.0 Å². The number of hydrogen-bond acceptors (Lipinski definition) is 1. The van der Waals surface area contributed by atoms with E-state index in [2.05, 4.69) is 0 Å². The smallest absolute Gasteiger partial charge is 0.0505 e. The molecule has 1 fully saturated rings. The molecule has 0 aromatic carbocycles. The largest absolute Gasteiger partial charge is 0.384 e. The lowest BCUT2D eigenvalue weighted by Crippen LogP contribution is -2.19. The van der Waals surface area contributed by atoms with Crippen LogP contribution in [0.3, 0.4) is 0 Å². The van der Waals surface area contributed by atoms with Crippen molar-refractivity contribution < 1.29 is 4.74 Å². The minimum absolute atomic E-state index is 0.157. The molecule has 1 aliphatic rings. The maximum Gasteiger partial charge on any atom is 0.0505 e. The molecular weight excluding hydrogens is 114 g/mol. The molecule has 2 atom stereocenters. The molecule has 53 valence electrons. The highest BCUT2D eigenvalue weighted by atomic mass is 16.5. The Morgan fingerprint density at radius 3 is 2.78 bits per heavy atom. The third-order valence-electron chi connectivity index (χ3n) is 2.04. The van der Waals surface area contributed by atoms with E-state index in [1.54, 1.807) is 7.11 Å². The van der Waals surface area contributed by atoms with Crippen LogP contribution in [0.2, 0.25) is 0 Å². The fourth-order valence-corrected chi connectivity index (χ4v) is 1.45. The van der Waals surface area contributed by atoms with Crippen molar-refractivity contribution in [1.82, 2.24) is 5.73 Å². The van der Waals surface area contributed by atoms with Gasteiger partial charge in [0.25, 0.3) is 0 Å². The SMILES string of the molecule is COCC1CCCC1[NH]. The van der Waals surface area contributed by atoms with E-state index in [1.165, 1.54) is 12.8 Å². The van der Waals surface area contributed by atoms with Crippen LogP contribution >= 0.6 is 0 Å². The van der Waals surface area contributed by atoms with Crippen LogP contribution in [-0.4, -0.2) is 19.8 Å². The van der Waals surface area contributed by atoms with Crippen LogP contribution in [0.5, 0.6) is 0 Å². The summed E-state index contributed by atoms with van der Waals surface area (Å²) in [6.07, 6.45) is 3.50. The van der Waals surface area contributed by atoms with E-state index in [-0.39, 0.29) is 6.04 Å². The molecule has 0 aromatic rings. The van der Waals surface area contributed by atoms with Crippen LogP contribution in [0.15, 0.2) is 0 Å². The van der Waals surface area contributed by atoms with Crippen molar-refractivity contribution in [3.8, 4) is 0 Å². The second kappa shape index (κ2) is 3.18. The maximum atomic E-state index is 7.51. The lowest BCUT2D eigenvalue weighted by atomic mass is 10.1. The molecule has 0 aromatic heterocycles. The third-order valence-corrected chi connectivity index (χ3v) is 2.04. The predicted octanol–water partition coefficient (Wildman–Crippen LogP) is 1.08. The van der Waals surface area contributed by atoms with E-state index in [4.69, 9.17) is 10.5 Å². The van der Waals surface area contributed by atoms with E-state index in [1.807, 2.05) is 0 Å². The normalized spacial score (nSPS) is 35.3. The summed E-state index contributed by atoms with van der Waals surface area (Å²) >= 11 is 0. The van der Waals surface area contributed by atoms with Gasteiger partial charge in [-0.25, -0.2) is 0 Å². The number of nitrogens with one attached hydrogen (secondary N) is 1. The molecule has 1 radical (unpaired) electrons. The van der Waals surface area contributed by atoms with Crippen molar-refractivity contribution in [2.45, 2.75) is 25.3 Å². The molecule has 0 heterocycles. The first kappa shape index (κ1) is 7.03. The number of ether oxygens (including phenoxy) is 1. The molecule has 1 saturated carbocycles. The van der Waals surface area contributed by atoms with E-state index in [9.17, 15) is 0 Å². The average Bonchev–Trinajstić information content (AvgIpc) is 2.18. The Bertz CT molecular complexity index is 85.0. The first-order chi connectivity index (χ1) is 4.34. The fourth-order valence-electron chi connectivity index (χ4n) is 1.45.